The maximum Gasteiger partial charge on any atom is 0.220 e. The van der Waals surface area contributed by atoms with Gasteiger partial charge in [0.2, 0.25) is 5.91 Å². The summed E-state index contributed by atoms with van der Waals surface area (Å²) in [6.45, 7) is 3.86. The minimum Gasteiger partial charge on any atom is -0.394 e. The Kier molecular flexibility index (Phi) is 47.8. The van der Waals surface area contributed by atoms with Gasteiger partial charge in [-0.15, -0.1) is 0 Å². The first kappa shape index (κ1) is 65.7. The van der Waals surface area contributed by atoms with Crippen LogP contribution in [0.2, 0.25) is 0 Å². The average Bonchev–Trinajstić information content (AvgIpc) is 3.35. The highest BCUT2D eigenvalue weighted by Crippen LogP contribution is 2.23. The molecule has 1 heterocycles. The number of aliphatic hydroxyl groups is 5. The van der Waals surface area contributed by atoms with Gasteiger partial charge in [0.05, 0.1) is 25.4 Å². The standard InChI is InChI=1S/C60H115NO8/c1-3-5-7-9-11-13-15-17-19-21-22-23-24-25-26-27-28-29-30-31-32-34-36-38-40-42-44-46-48-50-56(64)61-53(52-68-60-59(67)58(66)57(65)55(51-62)69-60)54(63)49-47-45-43-41-39-37-35-33-20-18-16-14-12-10-8-6-4-2/h15,17,21-22,53-55,57-60,62-63,65-67H,3-14,16,18-20,23-52H2,1-2H3,(H,61,64)/b17-15-,22-21-. The summed E-state index contributed by atoms with van der Waals surface area (Å²) in [7, 11) is 0. The minimum atomic E-state index is -1.55. The van der Waals surface area contributed by atoms with Gasteiger partial charge in [-0.25, -0.2) is 0 Å². The predicted molar refractivity (Wildman–Crippen MR) is 290 cm³/mol. The topological polar surface area (TPSA) is 149 Å². The monoisotopic (exact) mass is 978 g/mol. The van der Waals surface area contributed by atoms with E-state index in [9.17, 15) is 30.3 Å². The molecule has 0 aromatic rings. The van der Waals surface area contributed by atoms with Gasteiger partial charge in [-0.3, -0.25) is 4.79 Å². The molecule has 1 aliphatic heterocycles. The molecule has 0 aromatic carbocycles. The van der Waals surface area contributed by atoms with Gasteiger partial charge in [0.25, 0.3) is 0 Å². The fraction of sp³-hybridized carbons (Fsp3) is 0.917. The number of hydrogen-bond donors (Lipinski definition) is 6. The molecule has 0 bridgehead atoms. The summed E-state index contributed by atoms with van der Waals surface area (Å²) in [5.74, 6) is -0.139. The van der Waals surface area contributed by atoms with Crippen molar-refractivity contribution in [3.63, 3.8) is 0 Å². The van der Waals surface area contributed by atoms with Crippen LogP contribution in [0.15, 0.2) is 24.3 Å². The number of hydrogen-bond acceptors (Lipinski definition) is 8. The molecule has 7 atom stereocenters. The molecule has 0 aromatic heterocycles. The highest BCUT2D eigenvalue weighted by molar-refractivity contribution is 5.76. The lowest BCUT2D eigenvalue weighted by molar-refractivity contribution is -0.302. The fourth-order valence-corrected chi connectivity index (χ4v) is 9.78. The van der Waals surface area contributed by atoms with Crippen LogP contribution >= 0.6 is 0 Å². The van der Waals surface area contributed by atoms with E-state index >= 15 is 0 Å². The van der Waals surface area contributed by atoms with E-state index in [0.717, 1.165) is 44.9 Å². The number of aliphatic hydroxyl groups excluding tert-OH is 5. The molecule has 69 heavy (non-hydrogen) atoms. The van der Waals surface area contributed by atoms with Crippen LogP contribution in [0.1, 0.15) is 296 Å². The van der Waals surface area contributed by atoms with E-state index in [4.69, 9.17) is 9.47 Å². The fourth-order valence-electron chi connectivity index (χ4n) is 9.78. The molecular weight excluding hydrogens is 863 g/mol. The number of carbonyl (C=O) groups excluding carboxylic acids is 1. The summed E-state index contributed by atoms with van der Waals surface area (Å²) in [6, 6.07) is -0.717. The van der Waals surface area contributed by atoms with E-state index in [-0.39, 0.29) is 12.5 Å². The number of ether oxygens (including phenoxy) is 2. The molecule has 1 amide bonds. The van der Waals surface area contributed by atoms with Gasteiger partial charge >= 0.3 is 0 Å². The summed E-state index contributed by atoms with van der Waals surface area (Å²) in [4.78, 5) is 13.1. The number of allylic oxidation sites excluding steroid dienone is 4. The Morgan fingerprint density at radius 2 is 0.855 bits per heavy atom. The van der Waals surface area contributed by atoms with Crippen LogP contribution in [0.3, 0.4) is 0 Å². The molecule has 1 rings (SSSR count). The smallest absolute Gasteiger partial charge is 0.220 e. The van der Waals surface area contributed by atoms with Gasteiger partial charge in [0.1, 0.15) is 24.4 Å². The van der Waals surface area contributed by atoms with Crippen molar-refractivity contribution in [2.24, 2.45) is 0 Å². The van der Waals surface area contributed by atoms with Crippen molar-refractivity contribution in [1.29, 1.82) is 0 Å². The number of rotatable bonds is 52. The number of unbranched alkanes of at least 4 members (excludes halogenated alkanes) is 38. The third kappa shape index (κ3) is 39.8. The van der Waals surface area contributed by atoms with E-state index < -0.39 is 49.5 Å². The second kappa shape index (κ2) is 50.2. The molecule has 1 fully saturated rings. The van der Waals surface area contributed by atoms with Crippen LogP contribution in [-0.2, 0) is 14.3 Å². The Bertz CT molecular complexity index is 1130. The molecule has 0 saturated carbocycles. The van der Waals surface area contributed by atoms with Crippen molar-refractivity contribution in [1.82, 2.24) is 5.32 Å². The SMILES string of the molecule is CCCCCCC/C=C\C/C=C\CCCCCCCCCCCCCCCCCCCC(=O)NC(COC1OC(CO)C(O)C(O)C1O)C(O)CCCCCCCCCCCCCCCCCCC. The average molecular weight is 979 g/mol. The first-order valence-electron chi connectivity index (χ1n) is 30.0. The predicted octanol–water partition coefficient (Wildman–Crippen LogP) is 15.0. The zero-order chi connectivity index (χ0) is 50.1. The first-order chi connectivity index (χ1) is 33.8. The highest BCUT2D eigenvalue weighted by Gasteiger charge is 2.44. The second-order valence-electron chi connectivity index (χ2n) is 21.1. The molecule has 7 unspecified atom stereocenters. The van der Waals surface area contributed by atoms with Crippen molar-refractivity contribution >= 4 is 5.91 Å². The molecule has 408 valence electrons. The quantitative estimate of drug-likeness (QED) is 0.0261. The second-order valence-corrected chi connectivity index (χ2v) is 21.1. The van der Waals surface area contributed by atoms with Gasteiger partial charge in [-0.1, -0.05) is 269 Å². The lowest BCUT2D eigenvalue weighted by atomic mass is 9.99. The normalized spacial score (nSPS) is 19.6. The Balaban J connectivity index is 2.14. The summed E-state index contributed by atoms with van der Waals surface area (Å²) >= 11 is 0. The minimum absolute atomic E-state index is 0.134. The first-order valence-corrected chi connectivity index (χ1v) is 30.0. The highest BCUT2D eigenvalue weighted by atomic mass is 16.7. The number of amides is 1. The Labute approximate surface area is 426 Å². The van der Waals surface area contributed by atoms with Crippen molar-refractivity contribution in [2.75, 3.05) is 13.2 Å². The molecule has 0 spiro atoms. The van der Waals surface area contributed by atoms with Crippen LogP contribution in [0.25, 0.3) is 0 Å². The number of carbonyl (C=O) groups is 1. The van der Waals surface area contributed by atoms with Gasteiger partial charge in [-0.2, -0.15) is 0 Å². The molecule has 6 N–H and O–H groups in total. The summed E-state index contributed by atoms with van der Waals surface area (Å²) in [5, 5.41) is 54.7. The lowest BCUT2D eigenvalue weighted by Gasteiger charge is -2.40. The number of nitrogens with one attached hydrogen (secondary N) is 1. The summed E-state index contributed by atoms with van der Waals surface area (Å²) < 4.78 is 11.3. The molecule has 9 heteroatoms. The van der Waals surface area contributed by atoms with Crippen LogP contribution in [-0.4, -0.2) is 87.5 Å². The Morgan fingerprint density at radius 3 is 1.25 bits per heavy atom. The van der Waals surface area contributed by atoms with Gasteiger partial charge in [-0.05, 0) is 44.9 Å². The van der Waals surface area contributed by atoms with E-state index in [1.54, 1.807) is 0 Å². The van der Waals surface area contributed by atoms with Crippen LogP contribution in [0.4, 0.5) is 0 Å². The molecule has 0 radical (unpaired) electrons. The molecule has 1 aliphatic rings. The third-order valence-electron chi connectivity index (χ3n) is 14.6. The summed E-state index contributed by atoms with van der Waals surface area (Å²) in [6.07, 6.45) is 56.4. The lowest BCUT2D eigenvalue weighted by Crippen LogP contribution is -2.60. The van der Waals surface area contributed by atoms with Crippen molar-refractivity contribution in [2.45, 2.75) is 339 Å². The molecule has 9 nitrogen and oxygen atoms in total. The zero-order valence-electron chi connectivity index (χ0n) is 45.3. The maximum atomic E-state index is 13.1. The van der Waals surface area contributed by atoms with Crippen LogP contribution in [0.5, 0.6) is 0 Å². The Morgan fingerprint density at radius 1 is 0.493 bits per heavy atom. The van der Waals surface area contributed by atoms with Crippen molar-refractivity contribution < 1.29 is 39.8 Å². The van der Waals surface area contributed by atoms with Gasteiger partial charge in [0.15, 0.2) is 6.29 Å². The summed E-state index contributed by atoms with van der Waals surface area (Å²) in [5.41, 5.74) is 0. The largest absolute Gasteiger partial charge is 0.394 e. The third-order valence-corrected chi connectivity index (χ3v) is 14.6. The van der Waals surface area contributed by atoms with Crippen molar-refractivity contribution in [3.05, 3.63) is 24.3 Å². The molecular formula is C60H115NO8. The van der Waals surface area contributed by atoms with Crippen LogP contribution < -0.4 is 5.32 Å². The van der Waals surface area contributed by atoms with Gasteiger partial charge < -0.3 is 40.3 Å². The van der Waals surface area contributed by atoms with E-state index in [1.807, 2.05) is 0 Å². The Hall–Kier alpha value is -1.33. The zero-order valence-corrected chi connectivity index (χ0v) is 45.3. The van der Waals surface area contributed by atoms with E-state index in [1.165, 1.54) is 225 Å². The molecule has 1 saturated heterocycles. The molecule has 0 aliphatic carbocycles. The van der Waals surface area contributed by atoms with E-state index in [0.29, 0.717) is 12.8 Å². The van der Waals surface area contributed by atoms with Crippen LogP contribution in [0, 0.1) is 0 Å². The van der Waals surface area contributed by atoms with Crippen molar-refractivity contribution in [3.8, 4) is 0 Å². The maximum absolute atomic E-state index is 13.1. The van der Waals surface area contributed by atoms with Gasteiger partial charge in [0, 0.05) is 6.42 Å². The van der Waals surface area contributed by atoms with E-state index in [2.05, 4.69) is 43.5 Å².